The first-order valence-corrected chi connectivity index (χ1v) is 7.09. The molecule has 92 valence electrons. The average Bonchev–Trinajstić information content (AvgIpc) is 2.65. The Morgan fingerprint density at radius 1 is 1.44 bits per heavy atom. The highest BCUT2D eigenvalue weighted by atomic mass is 127. The third kappa shape index (κ3) is 4.03. The second kappa shape index (κ2) is 6.57. The molecule has 1 atom stereocenters. The van der Waals surface area contributed by atoms with Crippen LogP contribution < -0.4 is 0 Å². The van der Waals surface area contributed by atoms with Gasteiger partial charge >= 0.3 is 0 Å². The normalized spacial score (nSPS) is 20.5. The van der Waals surface area contributed by atoms with Crippen LogP contribution in [-0.2, 0) is 9.59 Å². The van der Waals surface area contributed by atoms with Crippen LogP contribution in [0.2, 0.25) is 0 Å². The Morgan fingerprint density at radius 2 is 2.12 bits per heavy atom. The number of hydrogen-bond acceptors (Lipinski definition) is 2. The molecule has 1 fully saturated rings. The summed E-state index contributed by atoms with van der Waals surface area (Å²) in [5.41, 5.74) is 0. The van der Waals surface area contributed by atoms with E-state index in [-0.39, 0.29) is 15.7 Å². The molecule has 0 spiro atoms. The van der Waals surface area contributed by atoms with E-state index in [0.29, 0.717) is 12.3 Å². The van der Waals surface area contributed by atoms with E-state index in [1.807, 2.05) is 22.6 Å². The summed E-state index contributed by atoms with van der Waals surface area (Å²) in [4.78, 5) is 25.0. The molecule has 0 aromatic heterocycles. The van der Waals surface area contributed by atoms with Crippen LogP contribution >= 0.6 is 22.6 Å². The van der Waals surface area contributed by atoms with Gasteiger partial charge < -0.3 is 4.90 Å². The molecule has 1 unspecified atom stereocenters. The van der Waals surface area contributed by atoms with Crippen molar-refractivity contribution in [1.29, 1.82) is 0 Å². The largest absolute Gasteiger partial charge is 0.332 e. The summed E-state index contributed by atoms with van der Waals surface area (Å²) in [7, 11) is 0. The van der Waals surface area contributed by atoms with Gasteiger partial charge in [0.1, 0.15) is 6.04 Å². The fourth-order valence-corrected chi connectivity index (χ4v) is 2.75. The Hall–Kier alpha value is -0.130. The maximum absolute atomic E-state index is 11.9. The van der Waals surface area contributed by atoms with Gasteiger partial charge in [-0.2, -0.15) is 0 Å². The molecule has 1 aliphatic heterocycles. The van der Waals surface area contributed by atoms with E-state index in [1.54, 1.807) is 4.90 Å². The first-order valence-electron chi connectivity index (χ1n) is 6.01. The summed E-state index contributed by atoms with van der Waals surface area (Å²) in [6.07, 6.45) is 4.43. The number of likely N-dealkylation sites (tertiary alicyclic amines) is 1. The van der Waals surface area contributed by atoms with E-state index in [2.05, 4.69) is 13.8 Å². The first-order chi connectivity index (χ1) is 7.52. The molecule has 0 aliphatic carbocycles. The SMILES string of the molecule is CC(C)CCCC(=O)N1CCCC1C(=O)I. The summed E-state index contributed by atoms with van der Waals surface area (Å²) in [5, 5.41) is 0. The van der Waals surface area contributed by atoms with Crippen molar-refractivity contribution in [2.75, 3.05) is 6.54 Å². The van der Waals surface area contributed by atoms with Crippen LogP contribution in [0.15, 0.2) is 0 Å². The van der Waals surface area contributed by atoms with Gasteiger partial charge in [0.2, 0.25) is 9.70 Å². The van der Waals surface area contributed by atoms with Crippen molar-refractivity contribution in [1.82, 2.24) is 4.90 Å². The van der Waals surface area contributed by atoms with Gasteiger partial charge in [-0.25, -0.2) is 0 Å². The molecule has 0 bridgehead atoms. The summed E-state index contributed by atoms with van der Waals surface area (Å²) in [6.45, 7) is 5.09. The van der Waals surface area contributed by atoms with Crippen LogP contribution in [0.1, 0.15) is 46.0 Å². The lowest BCUT2D eigenvalue weighted by molar-refractivity contribution is -0.134. The highest BCUT2D eigenvalue weighted by Gasteiger charge is 2.31. The molecule has 0 radical (unpaired) electrons. The fraction of sp³-hybridized carbons (Fsp3) is 0.833. The Bertz CT molecular complexity index is 266. The van der Waals surface area contributed by atoms with Crippen LogP contribution in [0.3, 0.4) is 0 Å². The van der Waals surface area contributed by atoms with Gasteiger partial charge in [-0.15, -0.1) is 0 Å². The van der Waals surface area contributed by atoms with Crippen molar-refractivity contribution in [3.05, 3.63) is 0 Å². The monoisotopic (exact) mass is 337 g/mol. The molecular formula is C12H20INO2. The summed E-state index contributed by atoms with van der Waals surface area (Å²) < 4.78 is 0.104. The number of carbonyl (C=O) groups excluding carboxylic acids is 2. The smallest absolute Gasteiger partial charge is 0.223 e. The summed E-state index contributed by atoms with van der Waals surface area (Å²) in [5.74, 6) is 0.807. The third-order valence-corrected chi connectivity index (χ3v) is 3.73. The van der Waals surface area contributed by atoms with Crippen LogP contribution in [0.25, 0.3) is 0 Å². The van der Waals surface area contributed by atoms with Crippen molar-refractivity contribution in [3.8, 4) is 0 Å². The minimum absolute atomic E-state index is 0.104. The molecule has 0 aromatic rings. The van der Waals surface area contributed by atoms with E-state index in [9.17, 15) is 9.59 Å². The molecule has 3 nitrogen and oxygen atoms in total. The first kappa shape index (κ1) is 13.9. The molecule has 0 saturated carbocycles. The molecule has 16 heavy (non-hydrogen) atoms. The van der Waals surface area contributed by atoms with Gasteiger partial charge in [0.15, 0.2) is 0 Å². The molecule has 1 rings (SSSR count). The molecule has 0 N–H and O–H groups in total. The Labute approximate surface area is 111 Å². The van der Waals surface area contributed by atoms with E-state index < -0.39 is 0 Å². The van der Waals surface area contributed by atoms with E-state index in [0.717, 1.165) is 32.2 Å². The second-order valence-corrected chi connectivity index (χ2v) is 5.90. The zero-order chi connectivity index (χ0) is 12.1. The quantitative estimate of drug-likeness (QED) is 0.571. The van der Waals surface area contributed by atoms with Crippen LogP contribution in [0, 0.1) is 5.92 Å². The second-order valence-electron chi connectivity index (χ2n) is 4.84. The highest BCUT2D eigenvalue weighted by molar-refractivity contribution is 14.1. The lowest BCUT2D eigenvalue weighted by Gasteiger charge is -2.22. The molecule has 1 aliphatic rings. The third-order valence-electron chi connectivity index (χ3n) is 3.01. The predicted octanol–water partition coefficient (Wildman–Crippen LogP) is 2.77. The van der Waals surface area contributed by atoms with Gasteiger partial charge in [0, 0.05) is 35.6 Å². The van der Waals surface area contributed by atoms with Gasteiger partial charge in [-0.05, 0) is 25.2 Å². The van der Waals surface area contributed by atoms with Gasteiger partial charge in [-0.3, -0.25) is 9.59 Å². The highest BCUT2D eigenvalue weighted by Crippen LogP contribution is 2.22. The molecule has 1 saturated heterocycles. The lowest BCUT2D eigenvalue weighted by Crippen LogP contribution is -2.38. The van der Waals surface area contributed by atoms with Gasteiger partial charge in [-0.1, -0.05) is 20.3 Å². The van der Waals surface area contributed by atoms with Crippen molar-refractivity contribution >= 4 is 32.3 Å². The van der Waals surface area contributed by atoms with Crippen LogP contribution in [0.5, 0.6) is 0 Å². The average molecular weight is 337 g/mol. The molecule has 1 amide bonds. The number of nitrogens with zero attached hydrogens (tertiary/aromatic N) is 1. The number of rotatable bonds is 5. The number of hydrogen-bond donors (Lipinski definition) is 0. The van der Waals surface area contributed by atoms with Crippen molar-refractivity contribution in [3.63, 3.8) is 0 Å². The number of carbonyl (C=O) groups is 2. The lowest BCUT2D eigenvalue weighted by atomic mass is 10.1. The molecular weight excluding hydrogens is 317 g/mol. The van der Waals surface area contributed by atoms with Crippen molar-refractivity contribution in [2.45, 2.75) is 52.0 Å². The van der Waals surface area contributed by atoms with Gasteiger partial charge in [0.05, 0.1) is 0 Å². The van der Waals surface area contributed by atoms with Crippen LogP contribution in [0.4, 0.5) is 0 Å². The zero-order valence-corrected chi connectivity index (χ0v) is 12.2. The molecule has 0 aromatic carbocycles. The van der Waals surface area contributed by atoms with Crippen molar-refractivity contribution in [2.24, 2.45) is 5.92 Å². The maximum atomic E-state index is 11.9. The Kier molecular flexibility index (Phi) is 5.72. The van der Waals surface area contributed by atoms with E-state index in [1.165, 1.54) is 0 Å². The van der Waals surface area contributed by atoms with Crippen molar-refractivity contribution < 1.29 is 9.59 Å². The topological polar surface area (TPSA) is 37.4 Å². The summed E-state index contributed by atoms with van der Waals surface area (Å²) in [6, 6.07) is -0.146. The number of halogens is 1. The Morgan fingerprint density at radius 3 is 2.69 bits per heavy atom. The van der Waals surface area contributed by atoms with E-state index in [4.69, 9.17) is 0 Å². The predicted molar refractivity (Wildman–Crippen MR) is 72.5 cm³/mol. The van der Waals surface area contributed by atoms with Crippen LogP contribution in [-0.4, -0.2) is 27.2 Å². The molecule has 4 heteroatoms. The molecule has 1 heterocycles. The number of amides is 1. The van der Waals surface area contributed by atoms with Gasteiger partial charge in [0.25, 0.3) is 0 Å². The fourth-order valence-electron chi connectivity index (χ4n) is 2.11. The minimum Gasteiger partial charge on any atom is -0.332 e. The van der Waals surface area contributed by atoms with E-state index >= 15 is 0 Å². The maximum Gasteiger partial charge on any atom is 0.223 e. The standard InChI is InChI=1S/C12H20INO2/c1-9(2)5-3-7-11(15)14-8-4-6-10(14)12(13)16/h9-10H,3-8H2,1-2H3. The minimum atomic E-state index is -0.146. The Balaban J connectivity index is 2.38. The zero-order valence-electron chi connectivity index (χ0n) is 10.0. The summed E-state index contributed by atoms with van der Waals surface area (Å²) >= 11 is 1.81.